The van der Waals surface area contributed by atoms with Gasteiger partial charge in [-0.25, -0.2) is 17.1 Å². The Morgan fingerprint density at radius 2 is 2.10 bits per heavy atom. The zero-order valence-corrected chi connectivity index (χ0v) is 15.6. The van der Waals surface area contributed by atoms with Gasteiger partial charge in [0.05, 0.1) is 18.3 Å². The van der Waals surface area contributed by atoms with Crippen molar-refractivity contribution >= 4 is 16.9 Å². The van der Waals surface area contributed by atoms with Gasteiger partial charge < -0.3 is 20.2 Å². The number of anilines is 1. The first-order chi connectivity index (χ1) is 9.13. The molecule has 0 radical (unpaired) electrons. The number of allylic oxidation sites excluding steroid dienone is 2. The van der Waals surface area contributed by atoms with Gasteiger partial charge in [-0.3, -0.25) is 0 Å². The Labute approximate surface area is 161 Å². The zero-order chi connectivity index (χ0) is 14.3. The summed E-state index contributed by atoms with van der Waals surface area (Å²) in [6.45, 7) is 1.91. The van der Waals surface area contributed by atoms with E-state index in [9.17, 15) is 0 Å². The average Bonchev–Trinajstić information content (AvgIpc) is 2.81. The second kappa shape index (κ2) is 10.3. The van der Waals surface area contributed by atoms with Gasteiger partial charge in [-0.1, -0.05) is 0 Å². The van der Waals surface area contributed by atoms with E-state index < -0.39 is 0 Å². The second-order valence-electron chi connectivity index (χ2n) is 3.81. The predicted octanol–water partition coefficient (Wildman–Crippen LogP) is -0.939. The summed E-state index contributed by atoms with van der Waals surface area (Å²) in [6, 6.07) is 0. The van der Waals surface area contributed by atoms with Gasteiger partial charge in [0.25, 0.3) is 0 Å². The number of nitrogens with zero attached hydrogens (tertiary/aromatic N) is 2. The molecule has 0 spiro atoms. The van der Waals surface area contributed by atoms with Crippen LogP contribution in [-0.2, 0) is 15.9 Å². The number of nitrogen functional groups attached to an aromatic ring is 1. The molecular weight excluding hydrogens is 283 g/mol. The molecule has 0 bridgehead atoms. The molecule has 0 amide bonds. The van der Waals surface area contributed by atoms with Crippen LogP contribution in [0.15, 0.2) is 24.4 Å². The molecule has 2 heterocycles. The maximum absolute atomic E-state index is 5.82. The van der Waals surface area contributed by atoms with E-state index in [2.05, 4.69) is 26.8 Å². The third-order valence-corrected chi connectivity index (χ3v) is 2.51. The minimum absolute atomic E-state index is 0. The minimum Gasteiger partial charge on any atom is -0.557 e. The molecule has 0 saturated heterocycles. The van der Waals surface area contributed by atoms with E-state index in [0.717, 1.165) is 28.8 Å². The van der Waals surface area contributed by atoms with E-state index in [4.69, 9.17) is 10.5 Å². The van der Waals surface area contributed by atoms with Crippen LogP contribution in [0.3, 0.4) is 0 Å². The standard InChI is InChI=1S/C11H14N4O.C2H5O.K/c1-7(16-2)3-4-8-5-13-11-9(8)10(12)14-6-15-11;1-3-2;/h3,5-6H,4H2,1-2H3,(H3,12,13,14,15);1H2,2H3;/q;-1;+1/b7-3+;;. The number of rotatable bonds is 3. The summed E-state index contributed by atoms with van der Waals surface area (Å²) in [7, 11) is 6.15. The van der Waals surface area contributed by atoms with Crippen LogP contribution in [0.25, 0.3) is 11.0 Å². The number of aromatic amines is 1. The fourth-order valence-electron chi connectivity index (χ4n) is 1.55. The van der Waals surface area contributed by atoms with Crippen molar-refractivity contribution in [3.05, 3.63) is 37.0 Å². The average molecular weight is 302 g/mol. The van der Waals surface area contributed by atoms with Crippen molar-refractivity contribution < 1.29 is 60.9 Å². The fourth-order valence-corrected chi connectivity index (χ4v) is 1.55. The van der Waals surface area contributed by atoms with Crippen LogP contribution < -0.4 is 57.1 Å². The molecule has 3 N–H and O–H groups in total. The summed E-state index contributed by atoms with van der Waals surface area (Å²) in [5, 5.41) is 0.891. The quantitative estimate of drug-likeness (QED) is 0.434. The molecule has 0 saturated carbocycles. The Balaban J connectivity index is 0.000000830. The van der Waals surface area contributed by atoms with Crippen molar-refractivity contribution in [3.8, 4) is 0 Å². The fraction of sp³-hybridized carbons (Fsp3) is 0.308. The topological polar surface area (TPSA) is 86.0 Å². The van der Waals surface area contributed by atoms with Crippen molar-refractivity contribution in [2.24, 2.45) is 0 Å². The molecule has 7 heteroatoms. The van der Waals surface area contributed by atoms with Crippen LogP contribution in [0, 0.1) is 7.11 Å². The summed E-state index contributed by atoms with van der Waals surface area (Å²) < 4.78 is 9.08. The molecule has 0 aliphatic heterocycles. The second-order valence-corrected chi connectivity index (χ2v) is 3.81. The predicted molar refractivity (Wildman–Crippen MR) is 75.1 cm³/mol. The number of aromatic nitrogens is 3. The molecule has 6 nitrogen and oxygen atoms in total. The number of H-pyrrole nitrogens is 1. The largest absolute Gasteiger partial charge is 1.00 e. The molecule has 2 aromatic heterocycles. The zero-order valence-electron chi connectivity index (χ0n) is 12.4. The number of hydrogen-bond donors (Lipinski definition) is 2. The van der Waals surface area contributed by atoms with Gasteiger partial charge in [-0.05, 0) is 32.1 Å². The van der Waals surface area contributed by atoms with E-state index in [1.54, 1.807) is 7.11 Å². The molecule has 20 heavy (non-hydrogen) atoms. The molecule has 2 rings (SSSR count). The van der Waals surface area contributed by atoms with Gasteiger partial charge in [0.1, 0.15) is 17.8 Å². The van der Waals surface area contributed by atoms with Crippen LogP contribution in [0.4, 0.5) is 5.82 Å². The van der Waals surface area contributed by atoms with Crippen molar-refractivity contribution in [1.29, 1.82) is 0 Å². The van der Waals surface area contributed by atoms with E-state index in [1.165, 1.54) is 13.4 Å². The Bertz CT molecular complexity index is 554. The van der Waals surface area contributed by atoms with Crippen molar-refractivity contribution in [2.75, 3.05) is 20.0 Å². The molecule has 0 aliphatic rings. The number of nitrogens with two attached hydrogens (primary N) is 1. The minimum atomic E-state index is 0. The van der Waals surface area contributed by atoms with Crippen LogP contribution >= 0.6 is 0 Å². The van der Waals surface area contributed by atoms with Gasteiger partial charge >= 0.3 is 51.4 Å². The van der Waals surface area contributed by atoms with E-state index in [1.807, 2.05) is 19.2 Å². The first-order valence-corrected chi connectivity index (χ1v) is 5.69. The Kier molecular flexibility index (Phi) is 10.1. The van der Waals surface area contributed by atoms with Crippen LogP contribution in [0.5, 0.6) is 0 Å². The first-order valence-electron chi connectivity index (χ1n) is 5.69. The first kappa shape index (κ1) is 19.6. The molecule has 104 valence electrons. The van der Waals surface area contributed by atoms with Crippen molar-refractivity contribution in [2.45, 2.75) is 13.3 Å². The molecular formula is C13H19KN4O2. The van der Waals surface area contributed by atoms with Gasteiger partial charge in [0, 0.05) is 6.20 Å². The van der Waals surface area contributed by atoms with Gasteiger partial charge in [-0.2, -0.15) is 0 Å². The third-order valence-electron chi connectivity index (χ3n) is 2.51. The SMILES string of the molecule is CO/C(C)=C/Cc1c[nH]c2ncnc(N)c12.[CH2-]OC.[K+]. The molecule has 0 fully saturated rings. The van der Waals surface area contributed by atoms with E-state index in [0.29, 0.717) is 5.82 Å². The Morgan fingerprint density at radius 1 is 1.45 bits per heavy atom. The van der Waals surface area contributed by atoms with Crippen LogP contribution in [-0.4, -0.2) is 29.2 Å². The maximum Gasteiger partial charge on any atom is 1.00 e. The Hall–Kier alpha value is -0.444. The molecule has 0 aliphatic carbocycles. The summed E-state index contributed by atoms with van der Waals surface area (Å²) in [5.41, 5.74) is 7.66. The summed E-state index contributed by atoms with van der Waals surface area (Å²) in [5.74, 6) is 1.38. The van der Waals surface area contributed by atoms with Gasteiger partial charge in [0.2, 0.25) is 0 Å². The molecule has 0 unspecified atom stereocenters. The molecule has 2 aromatic rings. The third kappa shape index (κ3) is 5.51. The summed E-state index contributed by atoms with van der Waals surface area (Å²) in [4.78, 5) is 11.2. The number of hydrogen-bond acceptors (Lipinski definition) is 5. The van der Waals surface area contributed by atoms with Gasteiger partial charge in [0.15, 0.2) is 0 Å². The normalized spacial score (nSPS) is 10.5. The van der Waals surface area contributed by atoms with Crippen molar-refractivity contribution in [3.63, 3.8) is 0 Å². The van der Waals surface area contributed by atoms with E-state index >= 15 is 0 Å². The van der Waals surface area contributed by atoms with Crippen molar-refractivity contribution in [1.82, 2.24) is 15.0 Å². The molecule has 0 aromatic carbocycles. The Morgan fingerprint density at radius 3 is 2.70 bits per heavy atom. The van der Waals surface area contributed by atoms with Crippen LogP contribution in [0.2, 0.25) is 0 Å². The summed E-state index contributed by atoms with van der Waals surface area (Å²) in [6.07, 6.45) is 6.09. The van der Waals surface area contributed by atoms with E-state index in [-0.39, 0.29) is 51.4 Å². The number of nitrogens with one attached hydrogen (secondary N) is 1. The monoisotopic (exact) mass is 302 g/mol. The van der Waals surface area contributed by atoms with Crippen LogP contribution in [0.1, 0.15) is 12.5 Å². The maximum atomic E-state index is 5.82. The molecule has 0 atom stereocenters. The smallest absolute Gasteiger partial charge is 0.557 e. The summed E-state index contributed by atoms with van der Waals surface area (Å²) >= 11 is 0. The van der Waals surface area contributed by atoms with Gasteiger partial charge in [-0.15, -0.1) is 0 Å². The number of ether oxygens (including phenoxy) is 2. The number of fused-ring (bicyclic) bond motifs is 1. The number of methoxy groups -OCH3 is 2.